The number of benzene rings is 2. The Morgan fingerprint density at radius 2 is 1.62 bits per heavy atom. The molecule has 2 rings (SSSR count). The molecule has 0 heterocycles. The molecule has 2 amide bonds. The molecule has 5 heteroatoms. The molecule has 156 valence electrons. The number of amides is 2. The van der Waals surface area contributed by atoms with Gasteiger partial charge in [-0.2, -0.15) is 0 Å². The molecule has 0 aliphatic carbocycles. The minimum Gasteiger partial charge on any atom is -0.484 e. The highest BCUT2D eigenvalue weighted by atomic mass is 16.5. The van der Waals surface area contributed by atoms with Crippen molar-refractivity contribution in [1.82, 2.24) is 10.2 Å². The van der Waals surface area contributed by atoms with Crippen LogP contribution in [-0.4, -0.2) is 34.9 Å². The van der Waals surface area contributed by atoms with Crippen LogP contribution in [0.4, 0.5) is 0 Å². The summed E-state index contributed by atoms with van der Waals surface area (Å²) in [5, 5.41) is 2.95. The summed E-state index contributed by atoms with van der Waals surface area (Å²) in [5.41, 5.74) is 1.80. The Bertz CT molecular complexity index is 795. The third-order valence-corrected chi connectivity index (χ3v) is 4.56. The van der Waals surface area contributed by atoms with Gasteiger partial charge in [-0.15, -0.1) is 0 Å². The molecule has 2 aromatic carbocycles. The van der Waals surface area contributed by atoms with E-state index in [1.165, 1.54) is 5.56 Å². The van der Waals surface area contributed by atoms with Gasteiger partial charge in [0, 0.05) is 12.1 Å². The second-order valence-electron chi connectivity index (χ2n) is 8.21. The van der Waals surface area contributed by atoms with Crippen molar-refractivity contribution in [2.45, 2.75) is 59.2 Å². The molecule has 0 unspecified atom stereocenters. The fraction of sp³-hybridized carbons (Fsp3) is 0.417. The van der Waals surface area contributed by atoms with Gasteiger partial charge in [-0.05, 0) is 57.4 Å². The number of ether oxygens (including phenoxy) is 1. The van der Waals surface area contributed by atoms with E-state index >= 15 is 0 Å². The molecular weight excluding hydrogens is 364 g/mol. The van der Waals surface area contributed by atoms with E-state index in [9.17, 15) is 9.59 Å². The smallest absolute Gasteiger partial charge is 0.261 e. The van der Waals surface area contributed by atoms with Gasteiger partial charge in [0.25, 0.3) is 5.91 Å². The third-order valence-electron chi connectivity index (χ3n) is 4.56. The van der Waals surface area contributed by atoms with Crippen LogP contribution in [0.2, 0.25) is 0 Å². The monoisotopic (exact) mass is 396 g/mol. The van der Waals surface area contributed by atoms with Gasteiger partial charge in [-0.25, -0.2) is 0 Å². The van der Waals surface area contributed by atoms with E-state index in [1.54, 1.807) is 11.8 Å². The SMILES string of the molecule is CCc1ccc(OCC(=O)N(Cc2ccccc2)[C@H](C)C(=O)NC(C)(C)C)cc1. The van der Waals surface area contributed by atoms with Gasteiger partial charge < -0.3 is 15.0 Å². The summed E-state index contributed by atoms with van der Waals surface area (Å²) in [5.74, 6) is 0.223. The summed E-state index contributed by atoms with van der Waals surface area (Å²) in [6.45, 7) is 9.82. The molecule has 2 aromatic rings. The molecule has 0 aromatic heterocycles. The van der Waals surface area contributed by atoms with Crippen molar-refractivity contribution in [2.75, 3.05) is 6.61 Å². The number of hydrogen-bond donors (Lipinski definition) is 1. The van der Waals surface area contributed by atoms with E-state index in [0.29, 0.717) is 12.3 Å². The van der Waals surface area contributed by atoms with Crippen molar-refractivity contribution in [3.05, 3.63) is 65.7 Å². The van der Waals surface area contributed by atoms with Crippen LogP contribution in [-0.2, 0) is 22.6 Å². The normalized spacial score (nSPS) is 12.2. The molecule has 0 aliphatic rings. The highest BCUT2D eigenvalue weighted by Crippen LogP contribution is 2.15. The number of nitrogens with one attached hydrogen (secondary N) is 1. The highest BCUT2D eigenvalue weighted by molar-refractivity contribution is 5.88. The highest BCUT2D eigenvalue weighted by Gasteiger charge is 2.28. The molecule has 0 bridgehead atoms. The lowest BCUT2D eigenvalue weighted by atomic mass is 10.1. The van der Waals surface area contributed by atoms with E-state index in [2.05, 4.69) is 12.2 Å². The molecule has 0 saturated carbocycles. The van der Waals surface area contributed by atoms with Gasteiger partial charge in [-0.3, -0.25) is 9.59 Å². The van der Waals surface area contributed by atoms with Crippen molar-refractivity contribution < 1.29 is 14.3 Å². The number of aryl methyl sites for hydroxylation is 1. The molecule has 0 aliphatic heterocycles. The van der Waals surface area contributed by atoms with Crippen molar-refractivity contribution >= 4 is 11.8 Å². The van der Waals surface area contributed by atoms with Gasteiger partial charge in [0.2, 0.25) is 5.91 Å². The van der Waals surface area contributed by atoms with E-state index in [4.69, 9.17) is 4.74 Å². The van der Waals surface area contributed by atoms with Crippen LogP contribution < -0.4 is 10.1 Å². The Hall–Kier alpha value is -2.82. The largest absolute Gasteiger partial charge is 0.484 e. The first kappa shape index (κ1) is 22.5. The first-order valence-corrected chi connectivity index (χ1v) is 10.1. The van der Waals surface area contributed by atoms with Crippen molar-refractivity contribution in [3.8, 4) is 5.75 Å². The molecule has 29 heavy (non-hydrogen) atoms. The lowest BCUT2D eigenvalue weighted by molar-refractivity contribution is -0.142. The molecular formula is C24H32N2O3. The zero-order valence-electron chi connectivity index (χ0n) is 18.1. The quantitative estimate of drug-likeness (QED) is 0.735. The number of carbonyl (C=O) groups is 2. The maximum Gasteiger partial charge on any atom is 0.261 e. The van der Waals surface area contributed by atoms with E-state index in [1.807, 2.05) is 75.4 Å². The summed E-state index contributed by atoms with van der Waals surface area (Å²) >= 11 is 0. The molecule has 0 saturated heterocycles. The first-order valence-electron chi connectivity index (χ1n) is 10.1. The van der Waals surface area contributed by atoms with Crippen LogP contribution in [0.5, 0.6) is 5.75 Å². The number of nitrogens with zero attached hydrogens (tertiary/aromatic N) is 1. The average molecular weight is 397 g/mol. The molecule has 1 atom stereocenters. The fourth-order valence-corrected chi connectivity index (χ4v) is 2.89. The molecule has 0 fully saturated rings. The molecule has 0 spiro atoms. The Kier molecular flexibility index (Phi) is 7.82. The van der Waals surface area contributed by atoms with Crippen molar-refractivity contribution in [3.63, 3.8) is 0 Å². The van der Waals surface area contributed by atoms with Gasteiger partial charge in [-0.1, -0.05) is 49.4 Å². The van der Waals surface area contributed by atoms with Gasteiger partial charge in [0.05, 0.1) is 0 Å². The zero-order chi connectivity index (χ0) is 21.4. The van der Waals surface area contributed by atoms with Crippen LogP contribution in [0.25, 0.3) is 0 Å². The minimum atomic E-state index is -0.618. The second-order valence-corrected chi connectivity index (χ2v) is 8.21. The Morgan fingerprint density at radius 1 is 1.00 bits per heavy atom. The lowest BCUT2D eigenvalue weighted by Crippen LogP contribution is -2.53. The Morgan fingerprint density at radius 3 is 2.17 bits per heavy atom. The van der Waals surface area contributed by atoms with Crippen LogP contribution in [0.1, 0.15) is 45.7 Å². The predicted molar refractivity (Wildman–Crippen MR) is 116 cm³/mol. The number of carbonyl (C=O) groups excluding carboxylic acids is 2. The summed E-state index contributed by atoms with van der Waals surface area (Å²) in [4.78, 5) is 27.2. The number of rotatable bonds is 8. The Labute approximate surface area is 174 Å². The van der Waals surface area contributed by atoms with Crippen molar-refractivity contribution in [2.24, 2.45) is 0 Å². The van der Waals surface area contributed by atoms with Gasteiger partial charge >= 0.3 is 0 Å². The van der Waals surface area contributed by atoms with Crippen molar-refractivity contribution in [1.29, 1.82) is 0 Å². The molecule has 1 N–H and O–H groups in total. The molecule has 5 nitrogen and oxygen atoms in total. The van der Waals surface area contributed by atoms with E-state index in [0.717, 1.165) is 12.0 Å². The van der Waals surface area contributed by atoms with Gasteiger partial charge in [0.15, 0.2) is 6.61 Å². The van der Waals surface area contributed by atoms with Gasteiger partial charge in [0.1, 0.15) is 11.8 Å². The standard InChI is InChI=1S/C24H32N2O3/c1-6-19-12-14-21(15-13-19)29-17-22(27)26(16-20-10-8-7-9-11-20)18(2)23(28)25-24(3,4)5/h7-15,18H,6,16-17H2,1-5H3,(H,25,28)/t18-/m1/s1. The van der Waals surface area contributed by atoms with E-state index in [-0.39, 0.29) is 24.0 Å². The summed E-state index contributed by atoms with van der Waals surface area (Å²) in [6.07, 6.45) is 0.949. The Balaban J connectivity index is 2.11. The minimum absolute atomic E-state index is 0.120. The van der Waals surface area contributed by atoms with Crippen LogP contribution >= 0.6 is 0 Å². The number of hydrogen-bond acceptors (Lipinski definition) is 3. The summed E-state index contributed by atoms with van der Waals surface area (Å²) in [6, 6.07) is 16.7. The topological polar surface area (TPSA) is 58.6 Å². The predicted octanol–water partition coefficient (Wildman–Crippen LogP) is 3.96. The second kappa shape index (κ2) is 10.1. The first-order chi connectivity index (χ1) is 13.7. The maximum atomic E-state index is 13.0. The van der Waals surface area contributed by atoms with Crippen LogP contribution in [0, 0.1) is 0 Å². The summed E-state index contributed by atoms with van der Waals surface area (Å²) < 4.78 is 5.69. The molecule has 0 radical (unpaired) electrons. The average Bonchev–Trinajstić information content (AvgIpc) is 2.69. The van der Waals surface area contributed by atoms with Crippen LogP contribution in [0.15, 0.2) is 54.6 Å². The third kappa shape index (κ3) is 7.26. The van der Waals surface area contributed by atoms with E-state index < -0.39 is 6.04 Å². The maximum absolute atomic E-state index is 13.0. The zero-order valence-corrected chi connectivity index (χ0v) is 18.1. The van der Waals surface area contributed by atoms with Crippen LogP contribution in [0.3, 0.4) is 0 Å². The summed E-state index contributed by atoms with van der Waals surface area (Å²) in [7, 11) is 0. The lowest BCUT2D eigenvalue weighted by Gasteiger charge is -2.31. The fourth-order valence-electron chi connectivity index (χ4n) is 2.89.